The van der Waals surface area contributed by atoms with E-state index < -0.39 is 39.7 Å². The van der Waals surface area contributed by atoms with Crippen molar-refractivity contribution in [2.24, 2.45) is 5.92 Å². The molecule has 2 atom stereocenters. The molecule has 3 aromatic rings. The normalized spacial score (nSPS) is 17.4. The number of anilines is 3. The number of benzene rings is 3. The fourth-order valence-corrected chi connectivity index (χ4v) is 5.73. The minimum Gasteiger partial charge on any atom is -0.444 e. The Kier molecular flexibility index (Phi) is 9.21. The van der Waals surface area contributed by atoms with Crippen LogP contribution in [0.5, 0.6) is 0 Å². The molecule has 0 saturated heterocycles. The number of amides is 3. The molecule has 0 spiro atoms. The van der Waals surface area contributed by atoms with Crippen LogP contribution in [-0.2, 0) is 9.53 Å². The van der Waals surface area contributed by atoms with E-state index in [2.05, 4.69) is 31.9 Å². The molecule has 0 unspecified atom stereocenters. The zero-order chi connectivity index (χ0) is 30.3. The van der Waals surface area contributed by atoms with Gasteiger partial charge in [0.1, 0.15) is 9.93 Å². The average molecular weight is 702 g/mol. The highest BCUT2D eigenvalue weighted by Crippen LogP contribution is 2.65. The van der Waals surface area contributed by atoms with Gasteiger partial charge in [0, 0.05) is 27.5 Å². The van der Waals surface area contributed by atoms with Crippen molar-refractivity contribution in [2.45, 2.75) is 43.5 Å². The fraction of sp³-hybridized carbons (Fsp3) is 0.276. The number of alkyl halides is 2. The maximum absolute atomic E-state index is 13.1. The van der Waals surface area contributed by atoms with Gasteiger partial charge in [0.05, 0.1) is 21.5 Å². The van der Waals surface area contributed by atoms with Gasteiger partial charge in [-0.15, -0.1) is 23.2 Å². The Morgan fingerprint density at radius 2 is 1.54 bits per heavy atom. The smallest absolute Gasteiger partial charge is 0.412 e. The first-order chi connectivity index (χ1) is 19.1. The third-order valence-corrected chi connectivity index (χ3v) is 8.74. The molecule has 0 bridgehead atoms. The highest BCUT2D eigenvalue weighted by molar-refractivity contribution is 9.10. The SMILES string of the molecule is Cc1cc(NC(=O)OC(C)(C)C)ccc1NC(=O)c1cc(NC(=O)[C@H]2[C@H](c3ccc(Br)c(Cl)c3)C2(Cl)Cl)ccc1Cl. The fourth-order valence-electron chi connectivity index (χ4n) is 4.26. The molecule has 12 heteroatoms. The van der Waals surface area contributed by atoms with Crippen molar-refractivity contribution in [3.63, 3.8) is 0 Å². The van der Waals surface area contributed by atoms with Crippen molar-refractivity contribution < 1.29 is 19.1 Å². The summed E-state index contributed by atoms with van der Waals surface area (Å²) < 4.78 is 4.68. The second kappa shape index (κ2) is 12.0. The Morgan fingerprint density at radius 3 is 2.17 bits per heavy atom. The van der Waals surface area contributed by atoms with E-state index in [4.69, 9.17) is 51.1 Å². The Labute approximate surface area is 266 Å². The number of carbonyl (C=O) groups excluding carboxylic acids is 3. The van der Waals surface area contributed by atoms with E-state index in [1.807, 2.05) is 0 Å². The van der Waals surface area contributed by atoms with Gasteiger partial charge in [-0.3, -0.25) is 14.9 Å². The standard InChI is InChI=1S/C29H26BrCl4N3O4/c1-14-11-16(36-27(40)41-28(2,3)4)7-10-22(14)37-25(38)18-13-17(6-9-20(18)31)35-26(39)24-23(29(24,33)34)15-5-8-19(30)21(32)12-15/h5-13,23-24H,1-4H3,(H,35,39)(H,36,40)(H,37,38)/t23-,24+/m0/s1. The van der Waals surface area contributed by atoms with Crippen molar-refractivity contribution in [2.75, 3.05) is 16.0 Å². The van der Waals surface area contributed by atoms with Gasteiger partial charge < -0.3 is 15.4 Å². The zero-order valence-corrected chi connectivity index (χ0v) is 27.0. The average Bonchev–Trinajstić information content (AvgIpc) is 3.44. The lowest BCUT2D eigenvalue weighted by molar-refractivity contribution is -0.117. The highest BCUT2D eigenvalue weighted by atomic mass is 79.9. The molecule has 7 nitrogen and oxygen atoms in total. The van der Waals surface area contributed by atoms with Crippen LogP contribution in [0.1, 0.15) is 48.2 Å². The quantitative estimate of drug-likeness (QED) is 0.223. The maximum Gasteiger partial charge on any atom is 0.412 e. The molecular formula is C29H26BrCl4N3O4. The molecule has 1 saturated carbocycles. The van der Waals surface area contributed by atoms with Crippen LogP contribution in [0.2, 0.25) is 10.0 Å². The summed E-state index contributed by atoms with van der Waals surface area (Å²) in [7, 11) is 0. The summed E-state index contributed by atoms with van der Waals surface area (Å²) in [5.41, 5.74) is 2.32. The summed E-state index contributed by atoms with van der Waals surface area (Å²) in [6.45, 7) is 7.10. The number of hydrogen-bond acceptors (Lipinski definition) is 4. The van der Waals surface area contributed by atoms with Crippen LogP contribution in [0.3, 0.4) is 0 Å². The number of carbonyl (C=O) groups is 3. The number of halogens is 5. The van der Waals surface area contributed by atoms with Crippen LogP contribution in [0.4, 0.5) is 21.9 Å². The molecule has 0 aliphatic heterocycles. The number of nitrogens with one attached hydrogen (secondary N) is 3. The topological polar surface area (TPSA) is 96.5 Å². The molecule has 3 aromatic carbocycles. The molecule has 0 heterocycles. The molecule has 3 amide bonds. The number of hydrogen-bond donors (Lipinski definition) is 3. The first kappa shape index (κ1) is 31.4. The molecule has 41 heavy (non-hydrogen) atoms. The molecule has 0 radical (unpaired) electrons. The van der Waals surface area contributed by atoms with Crippen LogP contribution in [-0.4, -0.2) is 27.8 Å². The van der Waals surface area contributed by atoms with E-state index in [0.717, 1.165) is 10.0 Å². The maximum atomic E-state index is 13.1. The molecule has 3 N–H and O–H groups in total. The summed E-state index contributed by atoms with van der Waals surface area (Å²) in [5.74, 6) is -2.08. The third-order valence-electron chi connectivity index (χ3n) is 6.24. The monoisotopic (exact) mass is 699 g/mol. The van der Waals surface area contributed by atoms with E-state index in [9.17, 15) is 14.4 Å². The first-order valence-corrected chi connectivity index (χ1v) is 14.7. The van der Waals surface area contributed by atoms with Crippen LogP contribution in [0.25, 0.3) is 0 Å². The van der Waals surface area contributed by atoms with Crippen molar-refractivity contribution in [3.05, 3.63) is 85.8 Å². The summed E-state index contributed by atoms with van der Waals surface area (Å²) in [5, 5.41) is 8.94. The highest BCUT2D eigenvalue weighted by Gasteiger charge is 2.67. The van der Waals surface area contributed by atoms with Gasteiger partial charge in [-0.2, -0.15) is 0 Å². The van der Waals surface area contributed by atoms with E-state index in [-0.39, 0.29) is 10.6 Å². The minimum absolute atomic E-state index is 0.148. The van der Waals surface area contributed by atoms with E-state index in [0.29, 0.717) is 27.6 Å². The molecule has 1 fully saturated rings. The Bertz CT molecular complexity index is 1540. The summed E-state index contributed by atoms with van der Waals surface area (Å²) in [4.78, 5) is 38.3. The van der Waals surface area contributed by atoms with Crippen LogP contribution < -0.4 is 16.0 Å². The van der Waals surface area contributed by atoms with E-state index >= 15 is 0 Å². The minimum atomic E-state index is -1.31. The van der Waals surface area contributed by atoms with Gasteiger partial charge in [0.2, 0.25) is 5.91 Å². The Balaban J connectivity index is 1.44. The lowest BCUT2D eigenvalue weighted by Gasteiger charge is -2.20. The van der Waals surface area contributed by atoms with Gasteiger partial charge in [0.15, 0.2) is 0 Å². The summed E-state index contributed by atoms with van der Waals surface area (Å²) in [6, 6.07) is 14.9. The summed E-state index contributed by atoms with van der Waals surface area (Å²) >= 11 is 28.8. The van der Waals surface area contributed by atoms with Crippen LogP contribution in [0, 0.1) is 12.8 Å². The van der Waals surface area contributed by atoms with Crippen LogP contribution >= 0.6 is 62.3 Å². The lowest BCUT2D eigenvalue weighted by Crippen LogP contribution is -2.27. The summed E-state index contributed by atoms with van der Waals surface area (Å²) in [6.07, 6.45) is -0.585. The lowest BCUT2D eigenvalue weighted by atomic mass is 10.1. The van der Waals surface area contributed by atoms with E-state index in [1.165, 1.54) is 12.1 Å². The van der Waals surface area contributed by atoms with Gasteiger partial charge in [-0.05, 0) is 103 Å². The molecular weight excluding hydrogens is 676 g/mol. The second-order valence-corrected chi connectivity index (χ2v) is 13.7. The van der Waals surface area contributed by atoms with Crippen molar-refractivity contribution >= 4 is 97.3 Å². The van der Waals surface area contributed by atoms with Crippen molar-refractivity contribution in [3.8, 4) is 0 Å². The third kappa shape index (κ3) is 7.48. The number of rotatable bonds is 6. The predicted octanol–water partition coefficient (Wildman–Crippen LogP) is 9.19. The van der Waals surface area contributed by atoms with Crippen molar-refractivity contribution in [1.82, 2.24) is 0 Å². The largest absolute Gasteiger partial charge is 0.444 e. The van der Waals surface area contributed by atoms with Crippen LogP contribution in [0.15, 0.2) is 59.1 Å². The molecule has 0 aromatic heterocycles. The predicted molar refractivity (Wildman–Crippen MR) is 169 cm³/mol. The number of aryl methyl sites for hydroxylation is 1. The van der Waals surface area contributed by atoms with Crippen molar-refractivity contribution in [1.29, 1.82) is 0 Å². The second-order valence-electron chi connectivity index (χ2n) is 10.6. The molecule has 1 aliphatic carbocycles. The Hall–Kier alpha value is -2.49. The molecule has 216 valence electrons. The molecule has 1 aliphatic rings. The first-order valence-electron chi connectivity index (χ1n) is 12.4. The van der Waals surface area contributed by atoms with Gasteiger partial charge in [-0.25, -0.2) is 4.79 Å². The van der Waals surface area contributed by atoms with Gasteiger partial charge in [-0.1, -0.05) is 29.3 Å². The van der Waals surface area contributed by atoms with E-state index in [1.54, 1.807) is 70.2 Å². The Morgan fingerprint density at radius 1 is 0.878 bits per heavy atom. The number of ether oxygens (including phenoxy) is 1. The van der Waals surface area contributed by atoms with Gasteiger partial charge >= 0.3 is 6.09 Å². The zero-order valence-electron chi connectivity index (χ0n) is 22.4. The molecule has 4 rings (SSSR count). The van der Waals surface area contributed by atoms with Gasteiger partial charge in [0.25, 0.3) is 5.91 Å².